The number of carbonyl (C=O) groups is 2. The maximum atomic E-state index is 12.5. The number of alkyl halides is 3. The number of carboxylic acid groups (broad SMARTS) is 1. The van der Waals surface area contributed by atoms with Crippen LogP contribution in [0.4, 0.5) is 13.2 Å². The summed E-state index contributed by atoms with van der Waals surface area (Å²) in [5, 5.41) is 11.7. The third kappa shape index (κ3) is 4.96. The van der Waals surface area contributed by atoms with Crippen LogP contribution in [0.25, 0.3) is 0 Å². The minimum atomic E-state index is -4.47. The third-order valence-electron chi connectivity index (χ3n) is 3.44. The first-order valence-corrected chi connectivity index (χ1v) is 7.50. The quantitative estimate of drug-likeness (QED) is 0.840. The van der Waals surface area contributed by atoms with Gasteiger partial charge >= 0.3 is 12.1 Å². The average Bonchev–Trinajstić information content (AvgIpc) is 2.54. The van der Waals surface area contributed by atoms with Crippen LogP contribution in [0.2, 0.25) is 5.02 Å². The summed E-state index contributed by atoms with van der Waals surface area (Å²) in [6.07, 6.45) is -4.63. The van der Waals surface area contributed by atoms with Crippen LogP contribution in [0.15, 0.2) is 48.5 Å². The number of carbonyl (C=O) groups excluding carboxylic acids is 1. The van der Waals surface area contributed by atoms with Gasteiger partial charge in [0.25, 0.3) is 5.91 Å². The molecular weight excluding hydrogens is 359 g/mol. The largest absolute Gasteiger partial charge is 0.480 e. The Morgan fingerprint density at radius 1 is 1.08 bits per heavy atom. The molecule has 2 aromatic carbocycles. The fourth-order valence-electron chi connectivity index (χ4n) is 2.15. The highest BCUT2D eigenvalue weighted by molar-refractivity contribution is 6.33. The Bertz CT molecular complexity index is 775. The molecule has 0 aliphatic carbocycles. The molecule has 0 saturated carbocycles. The minimum absolute atomic E-state index is 0.114. The molecule has 2 N–H and O–H groups in total. The molecule has 1 amide bonds. The Kier molecular flexibility index (Phi) is 5.69. The van der Waals surface area contributed by atoms with Gasteiger partial charge in [-0.3, -0.25) is 4.79 Å². The lowest BCUT2D eigenvalue weighted by Crippen LogP contribution is -2.42. The van der Waals surface area contributed by atoms with E-state index in [2.05, 4.69) is 5.32 Å². The predicted octanol–water partition coefficient (Wildman–Crippen LogP) is 3.78. The number of aliphatic carboxylic acids is 1. The van der Waals surface area contributed by atoms with Crippen LogP contribution in [0.1, 0.15) is 21.5 Å². The molecule has 132 valence electrons. The van der Waals surface area contributed by atoms with E-state index < -0.39 is 29.7 Å². The van der Waals surface area contributed by atoms with Gasteiger partial charge in [0.15, 0.2) is 0 Å². The Hall–Kier alpha value is -2.54. The van der Waals surface area contributed by atoms with Crippen molar-refractivity contribution in [3.63, 3.8) is 0 Å². The molecule has 25 heavy (non-hydrogen) atoms. The molecule has 0 radical (unpaired) electrons. The van der Waals surface area contributed by atoms with Crippen LogP contribution >= 0.6 is 11.6 Å². The zero-order valence-corrected chi connectivity index (χ0v) is 13.4. The summed E-state index contributed by atoms with van der Waals surface area (Å²) in [7, 11) is 0. The second-order valence-corrected chi connectivity index (χ2v) is 5.65. The van der Waals surface area contributed by atoms with Crippen molar-refractivity contribution in [1.82, 2.24) is 5.32 Å². The Balaban J connectivity index is 2.12. The van der Waals surface area contributed by atoms with Gasteiger partial charge in [0.1, 0.15) is 6.04 Å². The van der Waals surface area contributed by atoms with Crippen molar-refractivity contribution in [3.8, 4) is 0 Å². The number of rotatable bonds is 5. The molecular formula is C17H13ClF3NO3. The molecule has 0 spiro atoms. The van der Waals surface area contributed by atoms with Crippen molar-refractivity contribution in [1.29, 1.82) is 0 Å². The van der Waals surface area contributed by atoms with Crippen LogP contribution in [0, 0.1) is 0 Å². The third-order valence-corrected chi connectivity index (χ3v) is 3.77. The molecule has 0 aliphatic rings. The summed E-state index contributed by atoms with van der Waals surface area (Å²) in [5.74, 6) is -1.98. The lowest BCUT2D eigenvalue weighted by atomic mass is 10.0. The summed E-state index contributed by atoms with van der Waals surface area (Å²) in [5.41, 5.74) is -0.370. The fourth-order valence-corrected chi connectivity index (χ4v) is 2.37. The summed E-state index contributed by atoms with van der Waals surface area (Å²) < 4.78 is 37.6. The van der Waals surface area contributed by atoms with Crippen LogP contribution in [-0.2, 0) is 17.4 Å². The minimum Gasteiger partial charge on any atom is -0.480 e. The summed E-state index contributed by atoms with van der Waals surface area (Å²) in [6.45, 7) is 0. The first-order valence-electron chi connectivity index (χ1n) is 7.13. The van der Waals surface area contributed by atoms with Crippen molar-refractivity contribution in [2.45, 2.75) is 18.6 Å². The molecule has 8 heteroatoms. The number of nitrogens with one attached hydrogen (secondary N) is 1. The second-order valence-electron chi connectivity index (χ2n) is 5.24. The number of amides is 1. The van der Waals surface area contributed by atoms with Gasteiger partial charge in [-0.05, 0) is 29.8 Å². The van der Waals surface area contributed by atoms with Gasteiger partial charge in [-0.1, -0.05) is 35.9 Å². The van der Waals surface area contributed by atoms with E-state index >= 15 is 0 Å². The maximum Gasteiger partial charge on any atom is 0.416 e. The van der Waals surface area contributed by atoms with Gasteiger partial charge in [0.05, 0.1) is 16.1 Å². The smallest absolute Gasteiger partial charge is 0.416 e. The van der Waals surface area contributed by atoms with Gasteiger partial charge in [-0.2, -0.15) is 13.2 Å². The standard InChI is InChI=1S/C17H13ClF3NO3/c18-13-4-2-1-3-12(13)15(23)22-14(16(24)25)9-10-5-7-11(8-6-10)17(19,20)21/h1-8,14H,9H2,(H,22,23)(H,24,25)/t14-/m1/s1. The molecule has 2 aromatic rings. The monoisotopic (exact) mass is 371 g/mol. The second kappa shape index (κ2) is 7.57. The SMILES string of the molecule is O=C(N[C@H](Cc1ccc(C(F)(F)F)cc1)C(=O)O)c1ccccc1Cl. The van der Waals surface area contributed by atoms with E-state index in [1.165, 1.54) is 24.3 Å². The zero-order chi connectivity index (χ0) is 18.6. The van der Waals surface area contributed by atoms with E-state index in [0.717, 1.165) is 12.1 Å². The first kappa shape index (κ1) is 18.8. The molecule has 0 fully saturated rings. The molecule has 0 saturated heterocycles. The molecule has 0 bridgehead atoms. The van der Waals surface area contributed by atoms with E-state index in [1.54, 1.807) is 12.1 Å². The summed E-state index contributed by atoms with van der Waals surface area (Å²) in [4.78, 5) is 23.5. The summed E-state index contributed by atoms with van der Waals surface area (Å²) in [6, 6.07) is 8.91. The first-order chi connectivity index (χ1) is 11.7. The van der Waals surface area contributed by atoms with Crippen molar-refractivity contribution in [3.05, 3.63) is 70.2 Å². The predicted molar refractivity (Wildman–Crippen MR) is 85.5 cm³/mol. The lowest BCUT2D eigenvalue weighted by molar-refractivity contribution is -0.139. The molecule has 2 rings (SSSR count). The normalized spacial score (nSPS) is 12.5. The molecule has 4 nitrogen and oxygen atoms in total. The van der Waals surface area contributed by atoms with E-state index in [-0.39, 0.29) is 17.0 Å². The molecule has 1 atom stereocenters. The fraction of sp³-hybridized carbons (Fsp3) is 0.176. The van der Waals surface area contributed by atoms with E-state index in [1.807, 2.05) is 0 Å². The highest BCUT2D eigenvalue weighted by Gasteiger charge is 2.30. The van der Waals surface area contributed by atoms with Gasteiger partial charge in [0.2, 0.25) is 0 Å². The van der Waals surface area contributed by atoms with Crippen molar-refractivity contribution in [2.75, 3.05) is 0 Å². The Labute approximate surface area is 146 Å². The van der Waals surface area contributed by atoms with Crippen molar-refractivity contribution >= 4 is 23.5 Å². The average molecular weight is 372 g/mol. The Morgan fingerprint density at radius 2 is 1.68 bits per heavy atom. The van der Waals surface area contributed by atoms with Crippen LogP contribution < -0.4 is 5.32 Å². The highest BCUT2D eigenvalue weighted by Crippen LogP contribution is 2.29. The van der Waals surface area contributed by atoms with E-state index in [9.17, 15) is 27.9 Å². The zero-order valence-electron chi connectivity index (χ0n) is 12.7. The topological polar surface area (TPSA) is 66.4 Å². The Morgan fingerprint density at radius 3 is 2.20 bits per heavy atom. The molecule has 0 aliphatic heterocycles. The van der Waals surface area contributed by atoms with Gasteiger partial charge < -0.3 is 10.4 Å². The van der Waals surface area contributed by atoms with Crippen LogP contribution in [0.5, 0.6) is 0 Å². The number of halogens is 4. The van der Waals surface area contributed by atoms with Crippen LogP contribution in [0.3, 0.4) is 0 Å². The molecule has 0 unspecified atom stereocenters. The lowest BCUT2D eigenvalue weighted by Gasteiger charge is -2.16. The maximum absolute atomic E-state index is 12.5. The number of carboxylic acids is 1. The van der Waals surface area contributed by atoms with Crippen LogP contribution in [-0.4, -0.2) is 23.0 Å². The molecule has 0 aromatic heterocycles. The van der Waals surface area contributed by atoms with Gasteiger partial charge in [0, 0.05) is 6.42 Å². The number of benzene rings is 2. The number of hydrogen-bond acceptors (Lipinski definition) is 2. The number of hydrogen-bond donors (Lipinski definition) is 2. The van der Waals surface area contributed by atoms with E-state index in [4.69, 9.17) is 11.6 Å². The van der Waals surface area contributed by atoms with Gasteiger partial charge in [-0.15, -0.1) is 0 Å². The van der Waals surface area contributed by atoms with E-state index in [0.29, 0.717) is 5.56 Å². The highest BCUT2D eigenvalue weighted by atomic mass is 35.5. The van der Waals surface area contributed by atoms with Crippen molar-refractivity contribution < 1.29 is 27.9 Å². The van der Waals surface area contributed by atoms with Gasteiger partial charge in [-0.25, -0.2) is 4.79 Å². The molecule has 0 heterocycles. The van der Waals surface area contributed by atoms with Crippen molar-refractivity contribution in [2.24, 2.45) is 0 Å². The summed E-state index contributed by atoms with van der Waals surface area (Å²) >= 11 is 5.89.